The van der Waals surface area contributed by atoms with Crippen LogP contribution < -0.4 is 9.64 Å². The van der Waals surface area contributed by atoms with Crippen molar-refractivity contribution in [1.29, 1.82) is 0 Å². The van der Waals surface area contributed by atoms with E-state index in [9.17, 15) is 9.59 Å². The fraction of sp³-hybridized carbons (Fsp3) is 0.158. The van der Waals surface area contributed by atoms with Crippen molar-refractivity contribution in [3.05, 3.63) is 65.1 Å². The average Bonchev–Trinajstić information content (AvgIpc) is 2.86. The number of imide groups is 1. The lowest BCUT2D eigenvalue weighted by Gasteiger charge is -2.18. The normalized spacial score (nSPS) is 14.5. The van der Waals surface area contributed by atoms with Crippen molar-refractivity contribution in [3.8, 4) is 5.75 Å². The molecule has 0 N–H and O–H groups in total. The van der Waals surface area contributed by atoms with Gasteiger partial charge < -0.3 is 4.74 Å². The molecule has 2 aromatic rings. The summed E-state index contributed by atoms with van der Waals surface area (Å²) < 4.78 is 5.32. The standard InChI is InChI=1S/C19H17NO3S/c1-3-24-17-16(13-9-5-4-6-10-13)18(21)20(19(17)22)14-11-7-8-12-15(14)23-2/h4-12H,3H2,1-2H3. The maximum absolute atomic E-state index is 13.0. The van der Waals surface area contributed by atoms with Gasteiger partial charge in [0.15, 0.2) is 0 Å². The van der Waals surface area contributed by atoms with Gasteiger partial charge >= 0.3 is 0 Å². The molecular formula is C19H17NO3S. The highest BCUT2D eigenvalue weighted by atomic mass is 32.2. The van der Waals surface area contributed by atoms with Crippen LogP contribution in [0.5, 0.6) is 5.75 Å². The highest BCUT2D eigenvalue weighted by Gasteiger charge is 2.40. The summed E-state index contributed by atoms with van der Waals surface area (Å²) in [4.78, 5) is 27.7. The zero-order valence-corrected chi connectivity index (χ0v) is 14.3. The third-order valence-corrected chi connectivity index (χ3v) is 4.67. The summed E-state index contributed by atoms with van der Waals surface area (Å²) in [6.07, 6.45) is 0. The molecule has 1 aliphatic heterocycles. The lowest BCUT2D eigenvalue weighted by molar-refractivity contribution is -0.119. The van der Waals surface area contributed by atoms with E-state index in [1.807, 2.05) is 37.3 Å². The minimum atomic E-state index is -0.313. The summed E-state index contributed by atoms with van der Waals surface area (Å²) in [7, 11) is 1.52. The topological polar surface area (TPSA) is 46.6 Å². The molecule has 0 fully saturated rings. The van der Waals surface area contributed by atoms with Crippen molar-refractivity contribution in [1.82, 2.24) is 0 Å². The SMILES string of the molecule is CCSC1=C(c2ccccc2)C(=O)N(c2ccccc2OC)C1=O. The Morgan fingerprint density at radius 1 is 0.958 bits per heavy atom. The summed E-state index contributed by atoms with van der Waals surface area (Å²) in [6, 6.07) is 16.4. The van der Waals surface area contributed by atoms with Crippen LogP contribution in [0.15, 0.2) is 59.5 Å². The number of nitrogens with zero attached hydrogens (tertiary/aromatic N) is 1. The first-order chi connectivity index (χ1) is 11.7. The molecule has 24 heavy (non-hydrogen) atoms. The molecule has 0 radical (unpaired) electrons. The second-order valence-electron chi connectivity index (χ2n) is 5.12. The van der Waals surface area contributed by atoms with Crippen molar-refractivity contribution in [2.75, 3.05) is 17.8 Å². The molecule has 0 aromatic heterocycles. The minimum Gasteiger partial charge on any atom is -0.495 e. The smallest absolute Gasteiger partial charge is 0.272 e. The summed E-state index contributed by atoms with van der Waals surface area (Å²) in [6.45, 7) is 1.96. The van der Waals surface area contributed by atoms with Gasteiger partial charge in [-0.05, 0) is 23.4 Å². The molecule has 0 bridgehead atoms. The van der Waals surface area contributed by atoms with E-state index in [1.54, 1.807) is 24.3 Å². The van der Waals surface area contributed by atoms with E-state index in [-0.39, 0.29) is 11.8 Å². The Balaban J connectivity index is 2.12. The van der Waals surface area contributed by atoms with Crippen molar-refractivity contribution in [2.45, 2.75) is 6.92 Å². The van der Waals surface area contributed by atoms with Crippen LogP contribution in [-0.4, -0.2) is 24.7 Å². The first-order valence-electron chi connectivity index (χ1n) is 7.63. The van der Waals surface area contributed by atoms with Gasteiger partial charge in [-0.1, -0.05) is 49.4 Å². The second kappa shape index (κ2) is 6.93. The number of ether oxygens (including phenoxy) is 1. The number of hydrogen-bond donors (Lipinski definition) is 0. The van der Waals surface area contributed by atoms with Crippen LogP contribution in [0.2, 0.25) is 0 Å². The molecular weight excluding hydrogens is 322 g/mol. The van der Waals surface area contributed by atoms with E-state index in [2.05, 4.69) is 0 Å². The zero-order valence-electron chi connectivity index (χ0n) is 13.5. The van der Waals surface area contributed by atoms with Crippen LogP contribution in [0.1, 0.15) is 12.5 Å². The predicted octanol–water partition coefficient (Wildman–Crippen LogP) is 3.73. The number of carbonyl (C=O) groups excluding carboxylic acids is 2. The Hall–Kier alpha value is -2.53. The number of carbonyl (C=O) groups is 2. The van der Waals surface area contributed by atoms with Crippen LogP contribution in [0, 0.1) is 0 Å². The molecule has 0 atom stereocenters. The maximum Gasteiger partial charge on any atom is 0.272 e. The van der Waals surface area contributed by atoms with Gasteiger partial charge in [-0.2, -0.15) is 0 Å². The number of para-hydroxylation sites is 2. The van der Waals surface area contributed by atoms with Crippen LogP contribution in [0.3, 0.4) is 0 Å². The van der Waals surface area contributed by atoms with Gasteiger partial charge in [-0.3, -0.25) is 9.59 Å². The van der Waals surface area contributed by atoms with Crippen LogP contribution in [-0.2, 0) is 9.59 Å². The number of benzene rings is 2. The van der Waals surface area contributed by atoms with Crippen molar-refractivity contribution < 1.29 is 14.3 Å². The summed E-state index contributed by atoms with van der Waals surface area (Å²) in [5.74, 6) is 0.598. The van der Waals surface area contributed by atoms with Gasteiger partial charge in [-0.15, -0.1) is 11.8 Å². The molecule has 2 aromatic carbocycles. The Labute approximate surface area is 145 Å². The van der Waals surface area contributed by atoms with Crippen LogP contribution in [0.25, 0.3) is 5.57 Å². The predicted molar refractivity (Wildman–Crippen MR) is 97.0 cm³/mol. The monoisotopic (exact) mass is 339 g/mol. The number of amides is 2. The largest absolute Gasteiger partial charge is 0.495 e. The fourth-order valence-corrected chi connectivity index (χ4v) is 3.53. The average molecular weight is 339 g/mol. The van der Waals surface area contributed by atoms with Gasteiger partial charge in [0.2, 0.25) is 0 Å². The molecule has 1 aliphatic rings. The van der Waals surface area contributed by atoms with Gasteiger partial charge in [-0.25, -0.2) is 4.90 Å². The molecule has 0 unspecified atom stereocenters. The number of methoxy groups -OCH3 is 1. The van der Waals surface area contributed by atoms with Crippen molar-refractivity contribution in [2.24, 2.45) is 0 Å². The zero-order chi connectivity index (χ0) is 17.1. The number of rotatable bonds is 5. The lowest BCUT2D eigenvalue weighted by atomic mass is 10.1. The molecule has 0 spiro atoms. The molecule has 122 valence electrons. The summed E-state index contributed by atoms with van der Waals surface area (Å²) in [5.41, 5.74) is 1.68. The van der Waals surface area contributed by atoms with Gasteiger partial charge in [0, 0.05) is 0 Å². The third-order valence-electron chi connectivity index (χ3n) is 3.72. The fourth-order valence-electron chi connectivity index (χ4n) is 2.68. The molecule has 3 rings (SSSR count). The summed E-state index contributed by atoms with van der Waals surface area (Å²) in [5, 5.41) is 0. The van der Waals surface area contributed by atoms with Crippen LogP contribution in [0.4, 0.5) is 5.69 Å². The van der Waals surface area contributed by atoms with Gasteiger partial charge in [0.25, 0.3) is 11.8 Å². The van der Waals surface area contributed by atoms with Gasteiger partial charge in [0.05, 0.1) is 23.3 Å². The molecule has 0 saturated carbocycles. The molecule has 2 amide bonds. The third kappa shape index (κ3) is 2.71. The lowest BCUT2D eigenvalue weighted by Crippen LogP contribution is -2.31. The molecule has 0 saturated heterocycles. The van der Waals surface area contributed by atoms with Crippen molar-refractivity contribution in [3.63, 3.8) is 0 Å². The Kier molecular flexibility index (Phi) is 4.71. The second-order valence-corrected chi connectivity index (χ2v) is 6.40. The van der Waals surface area contributed by atoms with E-state index in [0.29, 0.717) is 27.7 Å². The quantitative estimate of drug-likeness (QED) is 0.779. The number of hydrogen-bond acceptors (Lipinski definition) is 4. The van der Waals surface area contributed by atoms with E-state index in [4.69, 9.17) is 4.74 Å². The first-order valence-corrected chi connectivity index (χ1v) is 8.61. The van der Waals surface area contributed by atoms with Gasteiger partial charge in [0.1, 0.15) is 5.75 Å². The molecule has 4 nitrogen and oxygen atoms in total. The molecule has 1 heterocycles. The Morgan fingerprint density at radius 2 is 1.62 bits per heavy atom. The molecule has 5 heteroatoms. The number of anilines is 1. The van der Waals surface area contributed by atoms with E-state index in [1.165, 1.54) is 23.8 Å². The highest BCUT2D eigenvalue weighted by molar-refractivity contribution is 8.04. The van der Waals surface area contributed by atoms with Crippen LogP contribution >= 0.6 is 11.8 Å². The van der Waals surface area contributed by atoms with Crippen molar-refractivity contribution >= 4 is 34.8 Å². The number of thioether (sulfide) groups is 1. The maximum atomic E-state index is 13.0. The minimum absolute atomic E-state index is 0.296. The van der Waals surface area contributed by atoms with E-state index >= 15 is 0 Å². The Morgan fingerprint density at radius 3 is 2.29 bits per heavy atom. The van der Waals surface area contributed by atoms with E-state index in [0.717, 1.165) is 5.56 Å². The Bertz CT molecular complexity index is 814. The first kappa shape index (κ1) is 16.3. The highest BCUT2D eigenvalue weighted by Crippen LogP contribution is 2.40. The molecule has 0 aliphatic carbocycles. The summed E-state index contributed by atoms with van der Waals surface area (Å²) >= 11 is 1.39. The van der Waals surface area contributed by atoms with E-state index < -0.39 is 0 Å².